The lowest BCUT2D eigenvalue weighted by Crippen LogP contribution is -2.68. The van der Waals surface area contributed by atoms with Crippen LogP contribution in [0.1, 0.15) is 224 Å². The average Bonchev–Trinajstić information content (AvgIpc) is 0.728. The number of hydrogen-bond donors (Lipinski definition) is 6. The molecule has 9 fully saturated rings. The van der Waals surface area contributed by atoms with Crippen molar-refractivity contribution < 1.29 is 30.0 Å². The van der Waals surface area contributed by atoms with Gasteiger partial charge in [-0.05, 0) is 205 Å². The number of aliphatic hydroxyl groups is 4. The first-order chi connectivity index (χ1) is 42.1. The molecule has 1 aliphatic heterocycles. The fraction of sp³-hybridized carbons (Fsp3) is 0.865. The molecule has 6 unspecified atom stereocenters. The SMILES string of the molecule is CC1(C)CC[C@@]2(C(=O)NCCn3cc(CN4CCN(Cc5cn(CCNC(=O)[C@]67CCC(C)(C)CC6C6=CCC8[C@@]9(C)CC[C@H](O)C(C)(C)C9CC[C@@]8(C)[C@]6(C)C[C@H]7O)nn5)CC4)nn3)C(C1)C1=CCC3[C@@]4(C)CC[C@H](O)C(C)(C)C4CC[C@@]3(C)[C@]1(C)C[C@H]2O. The van der Waals surface area contributed by atoms with Gasteiger partial charge in [-0.15, -0.1) is 10.2 Å². The van der Waals surface area contributed by atoms with Crippen molar-refractivity contribution in [2.75, 3.05) is 39.3 Å². The summed E-state index contributed by atoms with van der Waals surface area (Å²) in [5.74, 6) is 1.76. The topological polar surface area (TPSA) is 207 Å². The zero-order valence-electron chi connectivity index (χ0n) is 58.1. The minimum Gasteiger partial charge on any atom is -0.393 e. The first kappa shape index (κ1) is 65.1. The summed E-state index contributed by atoms with van der Waals surface area (Å²) in [6.45, 7) is 40.4. The predicted molar refractivity (Wildman–Crippen MR) is 349 cm³/mol. The molecule has 10 aliphatic carbocycles. The molecule has 0 bridgehead atoms. The van der Waals surface area contributed by atoms with Gasteiger partial charge in [0.05, 0.1) is 59.7 Å². The number of aromatic nitrogens is 6. The van der Waals surface area contributed by atoms with Gasteiger partial charge in [0.25, 0.3) is 0 Å². The molecule has 2 aromatic rings. The molecule has 1 saturated heterocycles. The number of allylic oxidation sites excluding steroid dienone is 4. The number of amides is 2. The number of fused-ring (bicyclic) bond motifs is 14. The molecular formula is C74H118N10O6. The summed E-state index contributed by atoms with van der Waals surface area (Å²) >= 11 is 0. The van der Waals surface area contributed by atoms with Crippen LogP contribution in [0.2, 0.25) is 0 Å². The number of hydrogen-bond acceptors (Lipinski definition) is 12. The first-order valence-corrected chi connectivity index (χ1v) is 36.1. The molecular weight excluding hydrogens is 1120 g/mol. The summed E-state index contributed by atoms with van der Waals surface area (Å²) in [5.41, 5.74) is 2.57. The lowest BCUT2D eigenvalue weighted by molar-refractivity contribution is -0.215. The maximum atomic E-state index is 14.9. The van der Waals surface area contributed by atoms with Crippen molar-refractivity contribution in [2.45, 2.75) is 263 Å². The number of carbonyl (C=O) groups excluding carboxylic acids is 2. The van der Waals surface area contributed by atoms with E-state index < -0.39 is 23.0 Å². The van der Waals surface area contributed by atoms with E-state index in [-0.39, 0.29) is 90.0 Å². The van der Waals surface area contributed by atoms with Crippen molar-refractivity contribution >= 4 is 11.8 Å². The molecule has 90 heavy (non-hydrogen) atoms. The van der Waals surface area contributed by atoms with E-state index in [1.807, 2.05) is 21.8 Å². The Morgan fingerprint density at radius 2 is 0.856 bits per heavy atom. The second-order valence-corrected chi connectivity index (χ2v) is 36.7. The minimum atomic E-state index is -0.869. The lowest BCUT2D eigenvalue weighted by Gasteiger charge is -2.71. The summed E-state index contributed by atoms with van der Waals surface area (Å²) < 4.78 is 3.70. The number of nitrogens with one attached hydrogen (secondary N) is 2. The normalized spacial score (nSPS) is 44.9. The fourth-order valence-corrected chi connectivity index (χ4v) is 25.0. The highest BCUT2D eigenvalue weighted by Gasteiger charge is 2.73. The van der Waals surface area contributed by atoms with Gasteiger partial charge in [-0.2, -0.15) is 0 Å². The molecule has 6 N–H and O–H groups in total. The Morgan fingerprint density at radius 1 is 0.478 bits per heavy atom. The van der Waals surface area contributed by atoms with Gasteiger partial charge in [0.2, 0.25) is 11.8 Å². The highest BCUT2D eigenvalue weighted by atomic mass is 16.3. The van der Waals surface area contributed by atoms with Gasteiger partial charge in [-0.25, -0.2) is 0 Å². The molecule has 0 aromatic carbocycles. The van der Waals surface area contributed by atoms with Crippen LogP contribution in [0.4, 0.5) is 0 Å². The van der Waals surface area contributed by atoms with Gasteiger partial charge in [0.15, 0.2) is 0 Å². The number of nitrogens with zero attached hydrogens (tertiary/aromatic N) is 8. The van der Waals surface area contributed by atoms with E-state index >= 15 is 0 Å². The molecule has 500 valence electrons. The summed E-state index contributed by atoms with van der Waals surface area (Å²) in [6, 6.07) is 0. The highest BCUT2D eigenvalue weighted by Crippen LogP contribution is 2.78. The Labute approximate surface area is 539 Å². The van der Waals surface area contributed by atoms with Crippen molar-refractivity contribution in [3.63, 3.8) is 0 Å². The highest BCUT2D eigenvalue weighted by molar-refractivity contribution is 5.85. The molecule has 3 heterocycles. The second-order valence-electron chi connectivity index (χ2n) is 36.7. The van der Waals surface area contributed by atoms with E-state index in [4.69, 9.17) is 0 Å². The van der Waals surface area contributed by atoms with Crippen LogP contribution in [0.5, 0.6) is 0 Å². The third-order valence-corrected chi connectivity index (χ3v) is 30.8. The van der Waals surface area contributed by atoms with Crippen LogP contribution in [0, 0.1) is 100 Å². The maximum Gasteiger partial charge on any atom is 0.229 e. The Morgan fingerprint density at radius 3 is 1.23 bits per heavy atom. The fourth-order valence-electron chi connectivity index (χ4n) is 25.0. The minimum absolute atomic E-state index is 0.0110. The Hall–Kier alpha value is -3.54. The first-order valence-electron chi connectivity index (χ1n) is 36.1. The molecule has 0 spiro atoms. The van der Waals surface area contributed by atoms with E-state index in [0.29, 0.717) is 88.6 Å². The van der Waals surface area contributed by atoms with E-state index in [1.54, 1.807) is 0 Å². The molecule has 2 aromatic heterocycles. The van der Waals surface area contributed by atoms with Crippen LogP contribution >= 0.6 is 0 Å². The average molecular weight is 1240 g/mol. The molecule has 11 aliphatic rings. The van der Waals surface area contributed by atoms with Gasteiger partial charge in [0, 0.05) is 64.8 Å². The third kappa shape index (κ3) is 9.69. The van der Waals surface area contributed by atoms with Crippen LogP contribution in [0.25, 0.3) is 0 Å². The molecule has 13 rings (SSSR count). The number of aliphatic hydroxyl groups excluding tert-OH is 4. The summed E-state index contributed by atoms with van der Waals surface area (Å²) in [7, 11) is 0. The van der Waals surface area contributed by atoms with Gasteiger partial charge in [0.1, 0.15) is 0 Å². The van der Waals surface area contributed by atoms with Crippen molar-refractivity contribution in [1.29, 1.82) is 0 Å². The Balaban J connectivity index is 0.588. The largest absolute Gasteiger partial charge is 0.393 e. The number of piperazine rings is 1. The number of rotatable bonds is 12. The van der Waals surface area contributed by atoms with Crippen molar-refractivity contribution in [3.8, 4) is 0 Å². The molecule has 18 atom stereocenters. The molecule has 2 amide bonds. The van der Waals surface area contributed by atoms with Gasteiger partial charge in [-0.3, -0.25) is 28.8 Å². The van der Waals surface area contributed by atoms with Gasteiger partial charge >= 0.3 is 0 Å². The standard InChI is InChI=1S/C74H118N10O6/c1-63(2)27-29-73(51(39-63)49-15-17-55-67(9)23-21-57(85)65(5,6)53(67)19-25-69(55,11)71(49,13)41-59(73)87)61(89)75-31-33-83-45-47(77-79-83)43-81-35-37-82(38-36-81)44-48-46-84(80-78-48)34-32-76-62(90)74-30-28-64(3,4)40-52(74)50-16-18-56-68(10)24-22-58(86)66(7,8)54(68)20-26-70(56,12)72(50,14)42-60(74)88/h15-16,45-46,51-60,85-88H,17-44H2,1-14H3,(H,75,89)(H,76,90)/t51?,52?,53?,54?,55?,56?,57-,58-,59+,60+,67-,68-,69+,70+,71+,72+,73+,74+/m0/s1. The van der Waals surface area contributed by atoms with Crippen LogP contribution in [-0.2, 0) is 35.8 Å². The third-order valence-electron chi connectivity index (χ3n) is 30.8. The monoisotopic (exact) mass is 1240 g/mol. The zero-order chi connectivity index (χ0) is 64.4. The molecule has 16 heteroatoms. The van der Waals surface area contributed by atoms with Crippen LogP contribution in [0.15, 0.2) is 35.7 Å². The number of carbonyl (C=O) groups is 2. The summed E-state index contributed by atoms with van der Waals surface area (Å²) in [5, 5.41) is 72.8. The maximum absolute atomic E-state index is 14.9. The van der Waals surface area contributed by atoms with Gasteiger partial charge in [-0.1, -0.05) is 131 Å². The summed E-state index contributed by atoms with van der Waals surface area (Å²) in [4.78, 5) is 34.7. The predicted octanol–water partition coefficient (Wildman–Crippen LogP) is 10.7. The van der Waals surface area contributed by atoms with E-state index in [1.165, 1.54) is 11.1 Å². The van der Waals surface area contributed by atoms with E-state index in [9.17, 15) is 30.0 Å². The second kappa shape index (κ2) is 22.0. The van der Waals surface area contributed by atoms with Crippen molar-refractivity contribution in [2.24, 2.45) is 100 Å². The van der Waals surface area contributed by atoms with E-state index in [2.05, 4.69) is 150 Å². The Kier molecular flexibility index (Phi) is 15.9. The van der Waals surface area contributed by atoms with Crippen molar-refractivity contribution in [3.05, 3.63) is 47.1 Å². The molecule has 16 nitrogen and oxygen atoms in total. The Bertz CT molecular complexity index is 2930. The molecule has 8 saturated carbocycles. The van der Waals surface area contributed by atoms with Crippen LogP contribution < -0.4 is 10.6 Å². The van der Waals surface area contributed by atoms with Crippen molar-refractivity contribution in [1.82, 2.24) is 50.4 Å². The van der Waals surface area contributed by atoms with Crippen LogP contribution in [0.3, 0.4) is 0 Å². The lowest BCUT2D eigenvalue weighted by atomic mass is 9.33. The zero-order valence-corrected chi connectivity index (χ0v) is 58.1. The van der Waals surface area contributed by atoms with E-state index in [0.717, 1.165) is 127 Å². The smallest absolute Gasteiger partial charge is 0.229 e. The summed E-state index contributed by atoms with van der Waals surface area (Å²) in [6.07, 6.45) is 23.4. The quantitative estimate of drug-likeness (QED) is 0.110. The molecule has 0 radical (unpaired) electrons. The van der Waals surface area contributed by atoms with Gasteiger partial charge < -0.3 is 31.1 Å². The van der Waals surface area contributed by atoms with Crippen LogP contribution in [-0.4, -0.2) is 136 Å².